The van der Waals surface area contributed by atoms with E-state index in [-0.39, 0.29) is 17.9 Å². The Morgan fingerprint density at radius 1 is 1.60 bits per heavy atom. The van der Waals surface area contributed by atoms with Gasteiger partial charge in [0, 0.05) is 12.3 Å². The maximum absolute atomic E-state index is 12.9. The van der Waals surface area contributed by atoms with Crippen molar-refractivity contribution in [3.8, 4) is 0 Å². The van der Waals surface area contributed by atoms with Crippen molar-refractivity contribution in [3.63, 3.8) is 0 Å². The van der Waals surface area contributed by atoms with E-state index in [1.54, 1.807) is 0 Å². The van der Waals surface area contributed by atoms with Gasteiger partial charge < -0.3 is 14.6 Å². The third-order valence-corrected chi connectivity index (χ3v) is 5.06. The van der Waals surface area contributed by atoms with Gasteiger partial charge in [-0.05, 0) is 6.92 Å². The largest absolute Gasteiger partial charge is 0.367 e. The molecule has 0 saturated carbocycles. The van der Waals surface area contributed by atoms with Gasteiger partial charge in [0.2, 0.25) is 0 Å². The van der Waals surface area contributed by atoms with E-state index >= 15 is 0 Å². The SMILES string of the molecule is C=C1C2OC3(O)CC4OC3C2(C(=O)N1OC)C4C=CC. The average molecular weight is 279 g/mol. The maximum atomic E-state index is 12.9. The van der Waals surface area contributed by atoms with Gasteiger partial charge in [0.15, 0.2) is 5.79 Å². The number of hydrogen-bond acceptors (Lipinski definition) is 5. The fraction of sp³-hybridized carbons (Fsp3) is 0.643. The molecule has 0 aromatic carbocycles. The summed E-state index contributed by atoms with van der Waals surface area (Å²) in [4.78, 5) is 18.0. The topological polar surface area (TPSA) is 68.2 Å². The zero-order valence-electron chi connectivity index (χ0n) is 11.4. The molecule has 0 aliphatic carbocycles. The van der Waals surface area contributed by atoms with Crippen LogP contribution >= 0.6 is 0 Å². The Bertz CT molecular complexity index is 546. The molecule has 6 atom stereocenters. The van der Waals surface area contributed by atoms with Gasteiger partial charge in [-0.15, -0.1) is 0 Å². The highest BCUT2D eigenvalue weighted by Gasteiger charge is 2.84. The second-order valence-corrected chi connectivity index (χ2v) is 5.86. The molecule has 0 aromatic heterocycles. The average Bonchev–Trinajstić information content (AvgIpc) is 2.99. The van der Waals surface area contributed by atoms with Gasteiger partial charge in [-0.3, -0.25) is 9.63 Å². The molecule has 4 aliphatic heterocycles. The van der Waals surface area contributed by atoms with E-state index in [1.165, 1.54) is 12.2 Å². The van der Waals surface area contributed by atoms with Crippen LogP contribution in [-0.4, -0.2) is 47.3 Å². The standard InChI is InChI=1S/C14H17NO5/c1-4-5-8-9-6-13(17)11(19-9)14(8)10(20-13)7(2)15(18-3)12(14)16/h4-5,8-11,17H,2,6H2,1,3H3. The fourth-order valence-corrected chi connectivity index (χ4v) is 4.44. The van der Waals surface area contributed by atoms with Crippen molar-refractivity contribution in [2.45, 2.75) is 37.4 Å². The first-order chi connectivity index (χ1) is 9.50. The van der Waals surface area contributed by atoms with Crippen molar-refractivity contribution in [2.75, 3.05) is 7.11 Å². The van der Waals surface area contributed by atoms with Crippen molar-refractivity contribution in [1.29, 1.82) is 0 Å². The number of carbonyl (C=O) groups excluding carboxylic acids is 1. The van der Waals surface area contributed by atoms with Gasteiger partial charge in [0.1, 0.15) is 17.6 Å². The number of aliphatic hydroxyl groups is 1. The predicted molar refractivity (Wildman–Crippen MR) is 66.8 cm³/mol. The zero-order chi connectivity index (χ0) is 14.3. The monoisotopic (exact) mass is 279 g/mol. The van der Waals surface area contributed by atoms with E-state index in [0.717, 1.165) is 0 Å². The summed E-state index contributed by atoms with van der Waals surface area (Å²) in [6.45, 7) is 5.80. The molecule has 0 radical (unpaired) electrons. The molecule has 6 nitrogen and oxygen atoms in total. The van der Waals surface area contributed by atoms with Crippen molar-refractivity contribution >= 4 is 5.91 Å². The Hall–Kier alpha value is -1.21. The maximum Gasteiger partial charge on any atom is 0.263 e. The van der Waals surface area contributed by atoms with Crippen LogP contribution in [0.4, 0.5) is 0 Å². The first-order valence-electron chi connectivity index (χ1n) is 6.76. The lowest BCUT2D eigenvalue weighted by Crippen LogP contribution is -2.53. The molecule has 6 unspecified atom stereocenters. The number of amides is 1. The number of ether oxygens (including phenoxy) is 2. The molecule has 4 aliphatic rings. The number of carbonyl (C=O) groups is 1. The molecule has 1 amide bonds. The minimum absolute atomic E-state index is 0.130. The summed E-state index contributed by atoms with van der Waals surface area (Å²) in [5, 5.41) is 11.8. The lowest BCUT2D eigenvalue weighted by atomic mass is 9.64. The van der Waals surface area contributed by atoms with Crippen LogP contribution in [0.1, 0.15) is 13.3 Å². The first-order valence-corrected chi connectivity index (χ1v) is 6.76. The minimum Gasteiger partial charge on any atom is -0.367 e. The number of hydrogen-bond donors (Lipinski definition) is 1. The molecule has 4 heterocycles. The van der Waals surface area contributed by atoms with Crippen molar-refractivity contribution < 1.29 is 24.2 Å². The molecule has 108 valence electrons. The number of fused-ring (bicyclic) bond motifs is 1. The number of hydroxylamine groups is 2. The quantitative estimate of drug-likeness (QED) is 0.738. The smallest absolute Gasteiger partial charge is 0.263 e. The molecule has 2 bridgehead atoms. The molecule has 1 N–H and O–H groups in total. The van der Waals surface area contributed by atoms with Crippen molar-refractivity contribution in [2.24, 2.45) is 11.3 Å². The summed E-state index contributed by atoms with van der Waals surface area (Å²) in [6, 6.07) is 0. The van der Waals surface area contributed by atoms with Crippen molar-refractivity contribution in [1.82, 2.24) is 5.06 Å². The molecule has 4 saturated heterocycles. The summed E-state index contributed by atoms with van der Waals surface area (Å²) in [5.74, 6) is -1.75. The highest BCUT2D eigenvalue weighted by atomic mass is 16.7. The lowest BCUT2D eigenvalue weighted by molar-refractivity contribution is -0.210. The van der Waals surface area contributed by atoms with Crippen LogP contribution in [0.5, 0.6) is 0 Å². The molecule has 4 rings (SSSR count). The highest BCUT2D eigenvalue weighted by molar-refractivity contribution is 5.91. The Morgan fingerprint density at radius 2 is 2.35 bits per heavy atom. The predicted octanol–water partition coefficient (Wildman–Crippen LogP) is 0.341. The number of allylic oxidation sites excluding steroid dienone is 1. The normalized spacial score (nSPS) is 52.6. The van der Waals surface area contributed by atoms with Crippen LogP contribution in [0.25, 0.3) is 0 Å². The fourth-order valence-electron chi connectivity index (χ4n) is 4.44. The Morgan fingerprint density at radius 3 is 3.00 bits per heavy atom. The number of rotatable bonds is 2. The van der Waals surface area contributed by atoms with Gasteiger partial charge >= 0.3 is 0 Å². The van der Waals surface area contributed by atoms with Gasteiger partial charge in [0.25, 0.3) is 5.91 Å². The van der Waals surface area contributed by atoms with Crippen LogP contribution < -0.4 is 0 Å². The molecule has 0 aromatic rings. The Balaban J connectivity index is 1.91. The van der Waals surface area contributed by atoms with Crippen LogP contribution in [0.3, 0.4) is 0 Å². The zero-order valence-corrected chi connectivity index (χ0v) is 11.4. The van der Waals surface area contributed by atoms with Gasteiger partial charge in [-0.25, -0.2) is 0 Å². The first kappa shape index (κ1) is 12.5. The summed E-state index contributed by atoms with van der Waals surface area (Å²) in [6.07, 6.45) is 2.80. The molecular formula is C14H17NO5. The second kappa shape index (κ2) is 3.51. The van der Waals surface area contributed by atoms with E-state index in [9.17, 15) is 9.90 Å². The Kier molecular flexibility index (Phi) is 2.20. The van der Waals surface area contributed by atoms with Crippen molar-refractivity contribution in [3.05, 3.63) is 24.4 Å². The molecule has 20 heavy (non-hydrogen) atoms. The van der Waals surface area contributed by atoms with E-state index < -0.39 is 23.4 Å². The third-order valence-electron chi connectivity index (χ3n) is 5.06. The summed E-state index contributed by atoms with van der Waals surface area (Å²) < 4.78 is 11.7. The highest BCUT2D eigenvalue weighted by Crippen LogP contribution is 2.68. The van der Waals surface area contributed by atoms with Gasteiger partial charge in [-0.1, -0.05) is 18.7 Å². The number of nitrogens with zero attached hydrogens (tertiary/aromatic N) is 1. The molecule has 4 fully saturated rings. The van der Waals surface area contributed by atoms with E-state index in [4.69, 9.17) is 14.3 Å². The van der Waals surface area contributed by atoms with Crippen LogP contribution in [0.2, 0.25) is 0 Å². The third kappa shape index (κ3) is 1.03. The summed E-state index contributed by atoms with van der Waals surface area (Å²) in [5.41, 5.74) is -0.517. The van der Waals surface area contributed by atoms with Gasteiger partial charge in [-0.2, -0.15) is 5.06 Å². The van der Waals surface area contributed by atoms with E-state index in [2.05, 4.69) is 6.58 Å². The summed E-state index contributed by atoms with van der Waals surface area (Å²) in [7, 11) is 1.42. The lowest BCUT2D eigenvalue weighted by Gasteiger charge is -2.34. The summed E-state index contributed by atoms with van der Waals surface area (Å²) >= 11 is 0. The molecular weight excluding hydrogens is 262 g/mol. The molecule has 6 heteroatoms. The van der Waals surface area contributed by atoms with Gasteiger partial charge in [0.05, 0.1) is 18.9 Å². The Labute approximate surface area is 116 Å². The van der Waals surface area contributed by atoms with E-state index in [0.29, 0.717) is 12.1 Å². The minimum atomic E-state index is -1.38. The van der Waals surface area contributed by atoms with Crippen LogP contribution in [0.15, 0.2) is 24.4 Å². The van der Waals surface area contributed by atoms with Crippen LogP contribution in [0, 0.1) is 11.3 Å². The second-order valence-electron chi connectivity index (χ2n) is 5.86. The molecule has 1 spiro atoms. The van der Waals surface area contributed by atoms with E-state index in [1.807, 2.05) is 19.1 Å². The van der Waals surface area contributed by atoms with Crippen LogP contribution in [-0.2, 0) is 19.1 Å².